The van der Waals surface area contributed by atoms with Crippen molar-refractivity contribution in [2.75, 3.05) is 7.11 Å². The molecule has 0 radical (unpaired) electrons. The molecule has 5 saturated carbocycles. The van der Waals surface area contributed by atoms with Crippen molar-refractivity contribution < 1.29 is 14.6 Å². The highest BCUT2D eigenvalue weighted by molar-refractivity contribution is 5.95. The van der Waals surface area contributed by atoms with Crippen molar-refractivity contribution in [3.8, 4) is 0 Å². The van der Waals surface area contributed by atoms with Gasteiger partial charge in [-0.15, -0.1) is 0 Å². The number of aliphatic hydroxyl groups is 1. The van der Waals surface area contributed by atoms with E-state index in [0.717, 1.165) is 50.6 Å². The fourth-order valence-corrected chi connectivity index (χ4v) is 6.71. The Labute approximate surface area is 173 Å². The summed E-state index contributed by atoms with van der Waals surface area (Å²) in [5, 5.41) is 18.8. The number of rotatable bonds is 5. The predicted octanol–water partition coefficient (Wildman–Crippen LogP) is 3.41. The van der Waals surface area contributed by atoms with Gasteiger partial charge >= 0.3 is 0 Å². The van der Waals surface area contributed by atoms with Crippen LogP contribution in [0, 0.1) is 23.7 Å². The van der Waals surface area contributed by atoms with Crippen LogP contribution in [-0.4, -0.2) is 39.5 Å². The van der Waals surface area contributed by atoms with Crippen LogP contribution >= 0.6 is 0 Å². The molecule has 6 rings (SSSR count). The predicted molar refractivity (Wildman–Crippen MR) is 109 cm³/mol. The molecular weight excluding hydrogens is 366 g/mol. The molecule has 2 N–H and O–H groups in total. The van der Waals surface area contributed by atoms with Gasteiger partial charge in [0.25, 0.3) is 5.91 Å². The van der Waals surface area contributed by atoms with Crippen molar-refractivity contribution >= 4 is 5.91 Å². The number of ether oxygens (including phenoxy) is 1. The quantitative estimate of drug-likeness (QED) is 0.793. The van der Waals surface area contributed by atoms with Crippen molar-refractivity contribution in [2.45, 2.75) is 89.0 Å². The highest BCUT2D eigenvalue weighted by Crippen LogP contribution is 2.55. The van der Waals surface area contributed by atoms with E-state index in [1.165, 1.54) is 0 Å². The van der Waals surface area contributed by atoms with Crippen LogP contribution in [0.1, 0.15) is 87.9 Å². The summed E-state index contributed by atoms with van der Waals surface area (Å²) < 4.78 is 7.85. The highest BCUT2D eigenvalue weighted by Gasteiger charge is 2.55. The van der Waals surface area contributed by atoms with Crippen molar-refractivity contribution in [1.82, 2.24) is 15.1 Å². The van der Waals surface area contributed by atoms with Gasteiger partial charge in [-0.2, -0.15) is 5.10 Å². The maximum absolute atomic E-state index is 13.5. The fraction of sp³-hybridized carbons (Fsp3) is 0.826. The molecule has 0 aliphatic heterocycles. The Balaban J connectivity index is 1.42. The molecule has 29 heavy (non-hydrogen) atoms. The molecule has 5 aliphatic rings. The first-order valence-electron chi connectivity index (χ1n) is 11.3. The average molecular weight is 402 g/mol. The third-order valence-electron chi connectivity index (χ3n) is 7.80. The Kier molecular flexibility index (Phi) is 4.42. The van der Waals surface area contributed by atoms with Crippen molar-refractivity contribution in [3.63, 3.8) is 0 Å². The molecule has 6 atom stereocenters. The Bertz CT molecular complexity index is 791. The van der Waals surface area contributed by atoms with Crippen LogP contribution in [0.15, 0.2) is 6.20 Å². The minimum Gasteiger partial charge on any atom is -0.390 e. The van der Waals surface area contributed by atoms with Gasteiger partial charge < -0.3 is 15.2 Å². The summed E-state index contributed by atoms with van der Waals surface area (Å²) in [5.74, 6) is 1.89. The van der Waals surface area contributed by atoms with Gasteiger partial charge in [-0.1, -0.05) is 0 Å². The van der Waals surface area contributed by atoms with E-state index < -0.39 is 5.60 Å². The number of hydrogen-bond acceptors (Lipinski definition) is 4. The number of carbonyl (C=O) groups is 1. The molecular formula is C23H35N3O3. The summed E-state index contributed by atoms with van der Waals surface area (Å²) in [6, 6.07) is 0.173. The molecule has 5 fully saturated rings. The van der Waals surface area contributed by atoms with Gasteiger partial charge in [-0.05, 0) is 89.4 Å². The van der Waals surface area contributed by atoms with E-state index in [1.54, 1.807) is 13.3 Å². The van der Waals surface area contributed by atoms with E-state index in [9.17, 15) is 9.90 Å². The van der Waals surface area contributed by atoms with Crippen molar-refractivity contribution in [3.05, 3.63) is 17.5 Å². The first kappa shape index (κ1) is 19.6. The zero-order valence-electron chi connectivity index (χ0n) is 18.1. The summed E-state index contributed by atoms with van der Waals surface area (Å²) in [7, 11) is 1.74. The van der Waals surface area contributed by atoms with Crippen molar-refractivity contribution in [2.24, 2.45) is 23.7 Å². The van der Waals surface area contributed by atoms with Crippen LogP contribution < -0.4 is 5.32 Å². The molecule has 4 bridgehead atoms. The summed E-state index contributed by atoms with van der Waals surface area (Å²) in [6.45, 7) is 6.34. The molecule has 1 aromatic heterocycles. The van der Waals surface area contributed by atoms with Gasteiger partial charge in [-0.3, -0.25) is 9.48 Å². The van der Waals surface area contributed by atoms with Gasteiger partial charge in [0.15, 0.2) is 0 Å². The first-order chi connectivity index (χ1) is 13.7. The zero-order valence-corrected chi connectivity index (χ0v) is 18.1. The van der Waals surface area contributed by atoms with Crippen LogP contribution in [0.2, 0.25) is 0 Å². The minimum atomic E-state index is -0.479. The van der Waals surface area contributed by atoms with Gasteiger partial charge in [-0.25, -0.2) is 0 Å². The summed E-state index contributed by atoms with van der Waals surface area (Å²) in [5.41, 5.74) is 0.882. The minimum absolute atomic E-state index is 0.0253. The second kappa shape index (κ2) is 6.55. The molecule has 1 aromatic rings. The fourth-order valence-electron chi connectivity index (χ4n) is 6.71. The van der Waals surface area contributed by atoms with Crippen molar-refractivity contribution in [1.29, 1.82) is 0 Å². The zero-order chi connectivity index (χ0) is 20.6. The number of methoxy groups -OCH3 is 1. The van der Waals surface area contributed by atoms with Crippen LogP contribution in [0.3, 0.4) is 0 Å². The van der Waals surface area contributed by atoms with Gasteiger partial charge in [0.05, 0.1) is 28.6 Å². The second-order valence-electron chi connectivity index (χ2n) is 11.2. The standard InChI is InChI=1S/C23H35N3O3/c1-22(2,3)26-19(20(29-4)14-5-6-14)17(12-24-26)21(27)25-18-15-7-13-8-16(18)11-23(28,9-13)10-15/h12-16,18,20,28H,5-11H2,1-4H3,(H,25,27)/t13?,15-,16+,18?,20?,23?. The maximum Gasteiger partial charge on any atom is 0.255 e. The topological polar surface area (TPSA) is 76.4 Å². The Hall–Kier alpha value is -1.40. The third kappa shape index (κ3) is 3.32. The monoisotopic (exact) mass is 401 g/mol. The summed E-state index contributed by atoms with van der Waals surface area (Å²) in [4.78, 5) is 13.5. The lowest BCUT2D eigenvalue weighted by atomic mass is 9.52. The third-order valence-corrected chi connectivity index (χ3v) is 7.80. The summed E-state index contributed by atoms with van der Waals surface area (Å²) in [6.07, 6.45) is 8.83. The van der Waals surface area contributed by atoms with E-state index in [2.05, 4.69) is 31.2 Å². The number of nitrogens with one attached hydrogen (secondary N) is 1. The number of hydrogen-bond donors (Lipinski definition) is 2. The Morgan fingerprint density at radius 2 is 1.93 bits per heavy atom. The van der Waals surface area contributed by atoms with Gasteiger partial charge in [0.2, 0.25) is 0 Å². The lowest BCUT2D eigenvalue weighted by Gasteiger charge is -2.58. The van der Waals surface area contributed by atoms with Gasteiger partial charge in [0.1, 0.15) is 6.10 Å². The number of amides is 1. The number of carbonyl (C=O) groups excluding carboxylic acids is 1. The van der Waals surface area contributed by atoms with E-state index in [1.807, 2.05) is 4.68 Å². The summed E-state index contributed by atoms with van der Waals surface area (Å²) >= 11 is 0. The lowest BCUT2D eigenvalue weighted by molar-refractivity contribution is -0.136. The SMILES string of the molecule is COC(c1c(C(=O)NC2[C@@H]3CC4C[C@H]2CC(O)(C4)C3)cnn1C(C)(C)C)C1CC1. The smallest absolute Gasteiger partial charge is 0.255 e. The molecule has 0 aromatic carbocycles. The molecule has 1 amide bonds. The molecule has 4 unspecified atom stereocenters. The van der Waals surface area contributed by atoms with E-state index in [4.69, 9.17) is 4.74 Å². The molecule has 6 heteroatoms. The van der Waals surface area contributed by atoms with Crippen LogP contribution in [0.5, 0.6) is 0 Å². The molecule has 160 valence electrons. The first-order valence-corrected chi connectivity index (χ1v) is 11.3. The highest BCUT2D eigenvalue weighted by atomic mass is 16.5. The Morgan fingerprint density at radius 3 is 2.45 bits per heavy atom. The molecule has 1 heterocycles. The second-order valence-corrected chi connectivity index (χ2v) is 11.2. The lowest BCUT2D eigenvalue weighted by Crippen LogP contribution is -2.61. The Morgan fingerprint density at radius 1 is 1.28 bits per heavy atom. The van der Waals surface area contributed by atoms with Crippen LogP contribution in [-0.2, 0) is 10.3 Å². The largest absolute Gasteiger partial charge is 0.390 e. The molecule has 0 saturated heterocycles. The normalized spacial score (nSPS) is 37.0. The average Bonchev–Trinajstić information content (AvgIpc) is 3.34. The number of nitrogens with zero attached hydrogens (tertiary/aromatic N) is 2. The maximum atomic E-state index is 13.5. The van der Waals surface area contributed by atoms with E-state index >= 15 is 0 Å². The molecule has 6 nitrogen and oxygen atoms in total. The molecule has 5 aliphatic carbocycles. The van der Waals surface area contributed by atoms with Crippen LogP contribution in [0.4, 0.5) is 0 Å². The number of aromatic nitrogens is 2. The van der Waals surface area contributed by atoms with Crippen LogP contribution in [0.25, 0.3) is 0 Å². The van der Waals surface area contributed by atoms with Gasteiger partial charge in [0, 0.05) is 13.2 Å². The van der Waals surface area contributed by atoms with E-state index in [0.29, 0.717) is 29.2 Å². The molecule has 0 spiro atoms. The van der Waals surface area contributed by atoms with E-state index in [-0.39, 0.29) is 23.6 Å².